The van der Waals surface area contributed by atoms with Gasteiger partial charge in [0.2, 0.25) is 11.8 Å². The molecule has 1 aliphatic heterocycles. The van der Waals surface area contributed by atoms with Crippen LogP contribution in [0.4, 0.5) is 5.69 Å². The zero-order valence-electron chi connectivity index (χ0n) is 12.7. The summed E-state index contributed by atoms with van der Waals surface area (Å²) in [6, 6.07) is 7.13. The standard InChI is InChI=1S/C15H20ClN3O2.ClH/c1-10(8-17)18(2)15(21)11-7-14(20)19(9-11)13-6-4-3-5-12(13)16;/h3-6,10-11H,7-9,17H2,1-2H3;1H. The molecule has 1 heterocycles. The minimum Gasteiger partial charge on any atom is -0.341 e. The highest BCUT2D eigenvalue weighted by Gasteiger charge is 2.37. The summed E-state index contributed by atoms with van der Waals surface area (Å²) in [7, 11) is 1.72. The zero-order valence-corrected chi connectivity index (χ0v) is 14.2. The fraction of sp³-hybridized carbons (Fsp3) is 0.467. The van der Waals surface area contributed by atoms with E-state index in [1.165, 1.54) is 0 Å². The first-order chi connectivity index (χ1) is 9.95. The molecule has 22 heavy (non-hydrogen) atoms. The number of hydrogen-bond donors (Lipinski definition) is 1. The number of likely N-dealkylation sites (N-methyl/N-ethyl adjacent to an activating group) is 1. The maximum Gasteiger partial charge on any atom is 0.228 e. The van der Waals surface area contributed by atoms with Gasteiger partial charge in [0, 0.05) is 32.6 Å². The average molecular weight is 346 g/mol. The van der Waals surface area contributed by atoms with Crippen molar-refractivity contribution >= 4 is 41.5 Å². The Kier molecular flexibility index (Phi) is 6.66. The van der Waals surface area contributed by atoms with E-state index >= 15 is 0 Å². The fourth-order valence-electron chi connectivity index (χ4n) is 2.44. The van der Waals surface area contributed by atoms with Crippen LogP contribution in [-0.2, 0) is 9.59 Å². The van der Waals surface area contributed by atoms with Gasteiger partial charge < -0.3 is 15.5 Å². The molecule has 122 valence electrons. The Bertz CT molecular complexity index is 553. The fourth-order valence-corrected chi connectivity index (χ4v) is 2.68. The van der Waals surface area contributed by atoms with E-state index in [-0.39, 0.29) is 42.6 Å². The van der Waals surface area contributed by atoms with Gasteiger partial charge >= 0.3 is 0 Å². The summed E-state index contributed by atoms with van der Waals surface area (Å²) in [6.45, 7) is 2.65. The largest absolute Gasteiger partial charge is 0.341 e. The summed E-state index contributed by atoms with van der Waals surface area (Å²) >= 11 is 6.13. The molecule has 7 heteroatoms. The summed E-state index contributed by atoms with van der Waals surface area (Å²) in [5.74, 6) is -0.459. The highest BCUT2D eigenvalue weighted by atomic mass is 35.5. The molecule has 1 aromatic carbocycles. The van der Waals surface area contributed by atoms with E-state index in [4.69, 9.17) is 17.3 Å². The van der Waals surface area contributed by atoms with E-state index in [1.807, 2.05) is 19.1 Å². The Morgan fingerprint density at radius 2 is 2.14 bits per heavy atom. The Morgan fingerprint density at radius 1 is 1.50 bits per heavy atom. The average Bonchev–Trinajstić information content (AvgIpc) is 2.87. The molecule has 5 nitrogen and oxygen atoms in total. The lowest BCUT2D eigenvalue weighted by atomic mass is 10.1. The van der Waals surface area contributed by atoms with Crippen molar-refractivity contribution in [3.63, 3.8) is 0 Å². The van der Waals surface area contributed by atoms with Crippen molar-refractivity contribution in [1.82, 2.24) is 4.90 Å². The van der Waals surface area contributed by atoms with Crippen LogP contribution in [0.15, 0.2) is 24.3 Å². The van der Waals surface area contributed by atoms with Crippen LogP contribution in [0.1, 0.15) is 13.3 Å². The van der Waals surface area contributed by atoms with Gasteiger partial charge in [0.05, 0.1) is 16.6 Å². The molecule has 2 amide bonds. The minimum absolute atomic E-state index is 0. The van der Waals surface area contributed by atoms with E-state index < -0.39 is 0 Å². The number of anilines is 1. The van der Waals surface area contributed by atoms with E-state index in [9.17, 15) is 9.59 Å². The topological polar surface area (TPSA) is 66.6 Å². The second-order valence-electron chi connectivity index (χ2n) is 5.39. The number of nitrogens with two attached hydrogens (primary N) is 1. The molecule has 0 saturated carbocycles. The van der Waals surface area contributed by atoms with Crippen molar-refractivity contribution in [2.24, 2.45) is 11.7 Å². The Hall–Kier alpha value is -1.30. The van der Waals surface area contributed by atoms with E-state index in [2.05, 4.69) is 0 Å². The number of carbonyl (C=O) groups excluding carboxylic acids is 2. The summed E-state index contributed by atoms with van der Waals surface area (Å²) in [5.41, 5.74) is 6.25. The maximum absolute atomic E-state index is 12.4. The Balaban J connectivity index is 0.00000242. The van der Waals surface area contributed by atoms with Crippen molar-refractivity contribution in [3.8, 4) is 0 Å². The van der Waals surface area contributed by atoms with Crippen molar-refractivity contribution < 1.29 is 9.59 Å². The van der Waals surface area contributed by atoms with Gasteiger partial charge in [-0.1, -0.05) is 23.7 Å². The van der Waals surface area contributed by atoms with Crippen molar-refractivity contribution in [3.05, 3.63) is 29.3 Å². The lowest BCUT2D eigenvalue weighted by Crippen LogP contribution is -2.43. The van der Waals surface area contributed by atoms with Crippen molar-refractivity contribution in [2.75, 3.05) is 25.0 Å². The quantitative estimate of drug-likeness (QED) is 0.906. The Labute approximate surface area is 141 Å². The van der Waals surface area contributed by atoms with Gasteiger partial charge in [-0.05, 0) is 19.1 Å². The smallest absolute Gasteiger partial charge is 0.228 e. The number of halogens is 2. The monoisotopic (exact) mass is 345 g/mol. The number of rotatable bonds is 4. The van der Waals surface area contributed by atoms with E-state index in [0.29, 0.717) is 23.8 Å². The number of amides is 2. The van der Waals surface area contributed by atoms with Crippen LogP contribution in [-0.4, -0.2) is 42.9 Å². The molecule has 2 unspecified atom stereocenters. The van der Waals surface area contributed by atoms with Gasteiger partial charge in [-0.2, -0.15) is 0 Å². The molecule has 2 N–H and O–H groups in total. The molecule has 0 spiro atoms. The van der Waals surface area contributed by atoms with Gasteiger partial charge in [0.25, 0.3) is 0 Å². The van der Waals surface area contributed by atoms with Gasteiger partial charge in [-0.25, -0.2) is 0 Å². The molecular weight excluding hydrogens is 325 g/mol. The van der Waals surface area contributed by atoms with Crippen LogP contribution in [0, 0.1) is 5.92 Å². The molecule has 1 saturated heterocycles. The zero-order chi connectivity index (χ0) is 15.6. The number of para-hydroxylation sites is 1. The third kappa shape index (κ3) is 3.72. The van der Waals surface area contributed by atoms with Gasteiger partial charge in [0.1, 0.15) is 0 Å². The van der Waals surface area contributed by atoms with Gasteiger partial charge in [-0.3, -0.25) is 9.59 Å². The molecule has 0 bridgehead atoms. The number of nitrogens with zero attached hydrogens (tertiary/aromatic N) is 2. The predicted molar refractivity (Wildman–Crippen MR) is 90.4 cm³/mol. The number of benzene rings is 1. The molecule has 2 rings (SSSR count). The third-order valence-electron chi connectivity index (χ3n) is 3.97. The van der Waals surface area contributed by atoms with Crippen LogP contribution in [0.2, 0.25) is 5.02 Å². The van der Waals surface area contributed by atoms with E-state index in [1.54, 1.807) is 29.0 Å². The SMILES string of the molecule is CC(CN)N(C)C(=O)C1CC(=O)N(c2ccccc2Cl)C1.Cl. The predicted octanol–water partition coefficient (Wildman–Crippen LogP) is 1.92. The highest BCUT2D eigenvalue weighted by molar-refractivity contribution is 6.33. The minimum atomic E-state index is -0.340. The van der Waals surface area contributed by atoms with Crippen molar-refractivity contribution in [1.29, 1.82) is 0 Å². The van der Waals surface area contributed by atoms with Crippen molar-refractivity contribution in [2.45, 2.75) is 19.4 Å². The van der Waals surface area contributed by atoms with Crippen LogP contribution >= 0.6 is 24.0 Å². The van der Waals surface area contributed by atoms with E-state index in [0.717, 1.165) is 0 Å². The van der Waals surface area contributed by atoms with Crippen LogP contribution in [0.3, 0.4) is 0 Å². The third-order valence-corrected chi connectivity index (χ3v) is 4.29. The summed E-state index contributed by atoms with van der Waals surface area (Å²) in [6.07, 6.45) is 0.214. The molecule has 0 aliphatic carbocycles. The highest BCUT2D eigenvalue weighted by Crippen LogP contribution is 2.31. The second kappa shape index (κ2) is 7.81. The summed E-state index contributed by atoms with van der Waals surface area (Å²) in [5, 5.41) is 0.516. The first-order valence-electron chi connectivity index (χ1n) is 6.97. The molecule has 1 fully saturated rings. The first kappa shape index (κ1) is 18.7. The van der Waals surface area contributed by atoms with Crippen LogP contribution < -0.4 is 10.6 Å². The summed E-state index contributed by atoms with van der Waals surface area (Å²) < 4.78 is 0. The van der Waals surface area contributed by atoms with Gasteiger partial charge in [0.15, 0.2) is 0 Å². The molecule has 1 aromatic rings. The number of hydrogen-bond acceptors (Lipinski definition) is 3. The molecule has 1 aliphatic rings. The van der Waals surface area contributed by atoms with Gasteiger partial charge in [-0.15, -0.1) is 12.4 Å². The molecule has 0 aromatic heterocycles. The first-order valence-corrected chi connectivity index (χ1v) is 7.35. The number of carbonyl (C=O) groups is 2. The molecular formula is C15H21Cl2N3O2. The lowest BCUT2D eigenvalue weighted by molar-refractivity contribution is -0.136. The molecule has 0 radical (unpaired) electrons. The summed E-state index contributed by atoms with van der Waals surface area (Å²) in [4.78, 5) is 27.8. The van der Waals surface area contributed by atoms with Crippen LogP contribution in [0.25, 0.3) is 0 Å². The molecule has 2 atom stereocenters. The van der Waals surface area contributed by atoms with Crippen LogP contribution in [0.5, 0.6) is 0 Å². The Morgan fingerprint density at radius 3 is 2.73 bits per heavy atom. The normalized spacial score (nSPS) is 18.8. The second-order valence-corrected chi connectivity index (χ2v) is 5.80. The lowest BCUT2D eigenvalue weighted by Gasteiger charge is -2.26. The maximum atomic E-state index is 12.4.